The van der Waals surface area contributed by atoms with Gasteiger partial charge in [0.15, 0.2) is 0 Å². The van der Waals surface area contributed by atoms with Crippen molar-refractivity contribution in [2.45, 2.75) is 31.2 Å². The van der Waals surface area contributed by atoms with Crippen molar-refractivity contribution < 1.29 is 9.90 Å². The third-order valence-corrected chi connectivity index (χ3v) is 4.05. The highest BCUT2D eigenvalue weighted by molar-refractivity contribution is 5.93. The number of H-pyrrole nitrogens is 1. The predicted molar refractivity (Wildman–Crippen MR) is 78.7 cm³/mol. The molecule has 1 aromatic heterocycles. The fourth-order valence-electron chi connectivity index (χ4n) is 2.91. The molecule has 20 heavy (non-hydrogen) atoms. The average molecular weight is 273 g/mol. The molecule has 1 aliphatic rings. The van der Waals surface area contributed by atoms with E-state index < -0.39 is 5.54 Å². The highest BCUT2D eigenvalue weighted by atomic mass is 16.3. The van der Waals surface area contributed by atoms with E-state index in [0.29, 0.717) is 0 Å². The number of carbonyl (C=O) groups is 1. The number of aromatic amines is 1. The molecule has 106 valence electrons. The molecule has 0 spiro atoms. The van der Waals surface area contributed by atoms with Crippen LogP contribution in [0, 0.1) is 0 Å². The first-order valence-corrected chi connectivity index (χ1v) is 6.98. The Bertz CT molecular complexity index is 614. The van der Waals surface area contributed by atoms with Crippen LogP contribution >= 0.6 is 0 Å². The second kappa shape index (κ2) is 5.17. The molecule has 1 saturated carbocycles. The lowest BCUT2D eigenvalue weighted by atomic mass is 9.99. The Morgan fingerprint density at radius 2 is 2.10 bits per heavy atom. The van der Waals surface area contributed by atoms with Gasteiger partial charge in [0, 0.05) is 22.8 Å². The zero-order valence-electron chi connectivity index (χ0n) is 11.3. The standard InChI is InChI=1S/C15H19N3O2/c19-10-15(6-1-2-7-15)18-14(20)17-12-3-4-13-11(9-12)5-8-16-13/h3-5,8-9,16,19H,1-2,6-7,10H2,(H2,17,18,20). The minimum absolute atomic E-state index is 0.00271. The molecule has 0 atom stereocenters. The molecule has 5 nitrogen and oxygen atoms in total. The summed E-state index contributed by atoms with van der Waals surface area (Å²) in [6.45, 7) is -0.00271. The van der Waals surface area contributed by atoms with Gasteiger partial charge >= 0.3 is 6.03 Å². The van der Waals surface area contributed by atoms with Crippen LogP contribution in [-0.4, -0.2) is 28.3 Å². The van der Waals surface area contributed by atoms with E-state index in [4.69, 9.17) is 0 Å². The lowest BCUT2D eigenvalue weighted by Gasteiger charge is -2.27. The van der Waals surface area contributed by atoms with Crippen LogP contribution in [0.2, 0.25) is 0 Å². The van der Waals surface area contributed by atoms with Crippen molar-refractivity contribution in [3.63, 3.8) is 0 Å². The van der Waals surface area contributed by atoms with Gasteiger partial charge in [0.2, 0.25) is 0 Å². The number of urea groups is 1. The SMILES string of the molecule is O=C(Nc1ccc2[nH]ccc2c1)NC1(CO)CCCC1. The van der Waals surface area contributed by atoms with E-state index in [0.717, 1.165) is 42.3 Å². The minimum Gasteiger partial charge on any atom is -0.394 e. The Labute approximate surface area is 117 Å². The molecule has 1 aliphatic carbocycles. The Morgan fingerprint density at radius 3 is 2.85 bits per heavy atom. The number of benzene rings is 1. The van der Waals surface area contributed by atoms with Crippen LogP contribution in [0.4, 0.5) is 10.5 Å². The monoisotopic (exact) mass is 273 g/mol. The molecule has 1 fully saturated rings. The second-order valence-electron chi connectivity index (χ2n) is 5.50. The van der Waals surface area contributed by atoms with Crippen molar-refractivity contribution >= 4 is 22.6 Å². The fourth-order valence-corrected chi connectivity index (χ4v) is 2.91. The normalized spacial score (nSPS) is 17.2. The van der Waals surface area contributed by atoms with Gasteiger partial charge in [-0.15, -0.1) is 0 Å². The molecule has 5 heteroatoms. The molecule has 2 aromatic rings. The lowest BCUT2D eigenvalue weighted by Crippen LogP contribution is -2.50. The first-order valence-electron chi connectivity index (χ1n) is 6.98. The summed E-state index contributed by atoms with van der Waals surface area (Å²) in [6, 6.07) is 7.42. The van der Waals surface area contributed by atoms with Gasteiger partial charge in [0.1, 0.15) is 0 Å². The molecule has 3 rings (SSSR count). The molecule has 0 unspecified atom stereocenters. The number of nitrogens with one attached hydrogen (secondary N) is 3. The number of hydrogen-bond acceptors (Lipinski definition) is 2. The van der Waals surface area contributed by atoms with Crippen molar-refractivity contribution in [3.8, 4) is 0 Å². The van der Waals surface area contributed by atoms with Crippen molar-refractivity contribution in [1.82, 2.24) is 10.3 Å². The van der Waals surface area contributed by atoms with E-state index in [1.165, 1.54) is 0 Å². The van der Waals surface area contributed by atoms with E-state index in [-0.39, 0.29) is 12.6 Å². The van der Waals surface area contributed by atoms with Crippen molar-refractivity contribution in [1.29, 1.82) is 0 Å². The minimum atomic E-state index is -0.442. The maximum Gasteiger partial charge on any atom is 0.319 e. The van der Waals surface area contributed by atoms with Crippen LogP contribution in [0.5, 0.6) is 0 Å². The Kier molecular flexibility index (Phi) is 3.36. The molecule has 0 bridgehead atoms. The number of rotatable bonds is 3. The molecule has 1 heterocycles. The fraction of sp³-hybridized carbons (Fsp3) is 0.400. The lowest BCUT2D eigenvalue weighted by molar-refractivity contribution is 0.167. The summed E-state index contributed by atoms with van der Waals surface area (Å²) >= 11 is 0. The summed E-state index contributed by atoms with van der Waals surface area (Å²) in [5.41, 5.74) is 1.35. The summed E-state index contributed by atoms with van der Waals surface area (Å²) < 4.78 is 0. The Hall–Kier alpha value is -2.01. The number of aromatic nitrogens is 1. The van der Waals surface area contributed by atoms with Crippen molar-refractivity contribution in [2.24, 2.45) is 0 Å². The largest absolute Gasteiger partial charge is 0.394 e. The molecule has 0 aliphatic heterocycles. The van der Waals surface area contributed by atoms with Gasteiger partial charge < -0.3 is 20.7 Å². The molecule has 1 aromatic carbocycles. The number of carbonyl (C=O) groups excluding carboxylic acids is 1. The third kappa shape index (κ3) is 2.49. The molecular formula is C15H19N3O2. The number of aliphatic hydroxyl groups excluding tert-OH is 1. The zero-order valence-corrected chi connectivity index (χ0v) is 11.3. The van der Waals surface area contributed by atoms with E-state index in [9.17, 15) is 9.90 Å². The summed E-state index contributed by atoms with van der Waals surface area (Å²) in [4.78, 5) is 15.2. The van der Waals surface area contributed by atoms with Gasteiger partial charge in [0.05, 0.1) is 12.1 Å². The maximum atomic E-state index is 12.1. The summed E-state index contributed by atoms with van der Waals surface area (Å²) in [5, 5.41) is 16.3. The van der Waals surface area contributed by atoms with Crippen LogP contribution in [0.1, 0.15) is 25.7 Å². The molecule has 4 N–H and O–H groups in total. The van der Waals surface area contributed by atoms with Gasteiger partial charge in [-0.05, 0) is 37.1 Å². The number of amides is 2. The van der Waals surface area contributed by atoms with Gasteiger partial charge in [-0.25, -0.2) is 4.79 Å². The Morgan fingerprint density at radius 1 is 1.30 bits per heavy atom. The summed E-state index contributed by atoms with van der Waals surface area (Å²) in [7, 11) is 0. The van der Waals surface area contributed by atoms with E-state index in [1.54, 1.807) is 0 Å². The molecule has 2 amide bonds. The molecule has 0 saturated heterocycles. The average Bonchev–Trinajstić information content (AvgIpc) is 3.07. The predicted octanol–water partition coefficient (Wildman–Crippen LogP) is 2.59. The van der Waals surface area contributed by atoms with Gasteiger partial charge in [0.25, 0.3) is 0 Å². The first kappa shape index (κ1) is 13.0. The quantitative estimate of drug-likeness (QED) is 0.693. The maximum absolute atomic E-state index is 12.1. The number of hydrogen-bond donors (Lipinski definition) is 4. The molecule has 0 radical (unpaired) electrons. The smallest absolute Gasteiger partial charge is 0.319 e. The van der Waals surface area contributed by atoms with E-state index in [2.05, 4.69) is 15.6 Å². The second-order valence-corrected chi connectivity index (χ2v) is 5.50. The van der Waals surface area contributed by atoms with Crippen LogP contribution in [0.25, 0.3) is 10.9 Å². The van der Waals surface area contributed by atoms with Crippen LogP contribution < -0.4 is 10.6 Å². The molecular weight excluding hydrogens is 254 g/mol. The zero-order chi connectivity index (χ0) is 14.0. The van der Waals surface area contributed by atoms with Crippen molar-refractivity contribution in [3.05, 3.63) is 30.5 Å². The highest BCUT2D eigenvalue weighted by Crippen LogP contribution is 2.29. The number of fused-ring (bicyclic) bond motifs is 1. The number of aliphatic hydroxyl groups is 1. The number of anilines is 1. The topological polar surface area (TPSA) is 77.2 Å². The first-order chi connectivity index (χ1) is 9.71. The van der Waals surface area contributed by atoms with Crippen LogP contribution in [0.15, 0.2) is 30.5 Å². The highest BCUT2D eigenvalue weighted by Gasteiger charge is 2.34. The van der Waals surface area contributed by atoms with E-state index >= 15 is 0 Å². The van der Waals surface area contributed by atoms with Crippen LogP contribution in [-0.2, 0) is 0 Å². The van der Waals surface area contributed by atoms with Crippen molar-refractivity contribution in [2.75, 3.05) is 11.9 Å². The third-order valence-electron chi connectivity index (χ3n) is 4.05. The van der Waals surface area contributed by atoms with Gasteiger partial charge in [-0.3, -0.25) is 0 Å². The van der Waals surface area contributed by atoms with Gasteiger partial charge in [-0.2, -0.15) is 0 Å². The summed E-state index contributed by atoms with van der Waals surface area (Å²) in [6.07, 6.45) is 5.65. The van der Waals surface area contributed by atoms with Gasteiger partial charge in [-0.1, -0.05) is 12.8 Å². The Balaban J connectivity index is 1.68. The van der Waals surface area contributed by atoms with E-state index in [1.807, 2.05) is 30.5 Å². The summed E-state index contributed by atoms with van der Waals surface area (Å²) in [5.74, 6) is 0. The van der Waals surface area contributed by atoms with Crippen LogP contribution in [0.3, 0.4) is 0 Å².